The van der Waals surface area contributed by atoms with Crippen LogP contribution in [0.1, 0.15) is 55.6 Å². The van der Waals surface area contributed by atoms with Crippen LogP contribution in [0.25, 0.3) is 0 Å². The molecule has 2 aromatic rings. The Morgan fingerprint density at radius 3 is 2.16 bits per heavy atom. The lowest BCUT2D eigenvalue weighted by molar-refractivity contribution is -0.128. The Bertz CT molecular complexity index is 889. The molecule has 1 aliphatic heterocycles. The van der Waals surface area contributed by atoms with Crippen LogP contribution in [0, 0.1) is 0 Å². The number of ether oxygens (including phenoxy) is 3. The van der Waals surface area contributed by atoms with Gasteiger partial charge in [-0.25, -0.2) is 0 Å². The largest absolute Gasteiger partial charge is 0.490 e. The fourth-order valence-electron chi connectivity index (χ4n) is 3.80. The molecular formula is C25H32N2O5. The van der Waals surface area contributed by atoms with E-state index in [2.05, 4.69) is 5.32 Å². The van der Waals surface area contributed by atoms with Crippen LogP contribution in [0.3, 0.4) is 0 Å². The maximum atomic E-state index is 13.3. The first kappa shape index (κ1) is 23.4. The highest BCUT2D eigenvalue weighted by atomic mass is 16.5. The van der Waals surface area contributed by atoms with Crippen LogP contribution in [-0.2, 0) is 4.79 Å². The molecule has 2 aromatic carbocycles. The molecule has 0 saturated carbocycles. The van der Waals surface area contributed by atoms with Gasteiger partial charge in [-0.3, -0.25) is 9.59 Å². The highest BCUT2D eigenvalue weighted by Crippen LogP contribution is 2.39. The molecular weight excluding hydrogens is 408 g/mol. The third-order valence-corrected chi connectivity index (χ3v) is 5.25. The normalized spacial score (nSPS) is 14.2. The first-order valence-corrected chi connectivity index (χ1v) is 11.3. The molecule has 0 spiro atoms. The van der Waals surface area contributed by atoms with E-state index < -0.39 is 0 Å². The lowest BCUT2D eigenvalue weighted by atomic mass is 10.1. The quantitative estimate of drug-likeness (QED) is 0.572. The van der Waals surface area contributed by atoms with Crippen LogP contribution in [0.2, 0.25) is 0 Å². The van der Waals surface area contributed by atoms with Gasteiger partial charge in [-0.15, -0.1) is 0 Å². The maximum Gasteiger partial charge on any atom is 0.252 e. The van der Waals surface area contributed by atoms with Gasteiger partial charge >= 0.3 is 0 Å². The minimum Gasteiger partial charge on any atom is -0.490 e. The summed E-state index contributed by atoms with van der Waals surface area (Å²) in [5, 5.41) is 3.10. The van der Waals surface area contributed by atoms with E-state index in [9.17, 15) is 9.59 Å². The number of carbonyl (C=O) groups excluding carboxylic acids is 2. The number of rotatable bonds is 11. The van der Waals surface area contributed by atoms with Gasteiger partial charge in [0, 0.05) is 25.1 Å². The molecule has 0 aromatic heterocycles. The van der Waals surface area contributed by atoms with E-state index >= 15 is 0 Å². The second-order valence-corrected chi connectivity index (χ2v) is 7.48. The Labute approximate surface area is 189 Å². The van der Waals surface area contributed by atoms with E-state index in [4.69, 9.17) is 14.2 Å². The number of nitrogens with zero attached hydrogens (tertiary/aromatic N) is 1. The highest BCUT2D eigenvalue weighted by molar-refractivity contribution is 5.96. The average Bonchev–Trinajstić information content (AvgIpc) is 3.20. The van der Waals surface area contributed by atoms with E-state index in [1.807, 2.05) is 56.0 Å². The minimum atomic E-state index is -0.330. The number of nitrogens with one attached hydrogen (secondary N) is 1. The van der Waals surface area contributed by atoms with Crippen LogP contribution in [0.5, 0.6) is 17.2 Å². The molecule has 1 unspecified atom stereocenters. The van der Waals surface area contributed by atoms with E-state index in [1.165, 1.54) is 0 Å². The van der Waals surface area contributed by atoms with Crippen LogP contribution >= 0.6 is 0 Å². The molecule has 1 heterocycles. The molecule has 2 amide bonds. The summed E-state index contributed by atoms with van der Waals surface area (Å²) in [5.74, 6) is 1.29. The first-order chi connectivity index (χ1) is 15.6. The number of hydrogen-bond donors (Lipinski definition) is 1. The zero-order valence-electron chi connectivity index (χ0n) is 19.1. The van der Waals surface area contributed by atoms with Gasteiger partial charge in [-0.2, -0.15) is 0 Å². The summed E-state index contributed by atoms with van der Waals surface area (Å²) in [7, 11) is 0. The predicted octanol–water partition coefficient (Wildman–Crippen LogP) is 3.98. The molecule has 7 heteroatoms. The van der Waals surface area contributed by atoms with Crippen LogP contribution in [-0.4, -0.2) is 49.6 Å². The van der Waals surface area contributed by atoms with Crippen molar-refractivity contribution in [2.75, 3.05) is 32.9 Å². The van der Waals surface area contributed by atoms with Crippen molar-refractivity contribution in [3.05, 3.63) is 53.6 Å². The highest BCUT2D eigenvalue weighted by Gasteiger charge is 2.26. The smallest absolute Gasteiger partial charge is 0.252 e. The van der Waals surface area contributed by atoms with Crippen molar-refractivity contribution in [2.24, 2.45) is 0 Å². The van der Waals surface area contributed by atoms with Crippen molar-refractivity contribution in [3.8, 4) is 17.2 Å². The number of carbonyl (C=O) groups is 2. The molecule has 0 bridgehead atoms. The van der Waals surface area contributed by atoms with Gasteiger partial charge in [0.25, 0.3) is 5.91 Å². The summed E-state index contributed by atoms with van der Waals surface area (Å²) in [6, 6.07) is 12.7. The fourth-order valence-corrected chi connectivity index (χ4v) is 3.80. The molecule has 1 saturated heterocycles. The second kappa shape index (κ2) is 11.4. The number of hydrogen-bond acceptors (Lipinski definition) is 5. The van der Waals surface area contributed by atoms with Crippen molar-refractivity contribution >= 4 is 11.8 Å². The Balaban J connectivity index is 1.89. The Morgan fingerprint density at radius 1 is 1.00 bits per heavy atom. The van der Waals surface area contributed by atoms with Crippen LogP contribution < -0.4 is 19.5 Å². The van der Waals surface area contributed by atoms with Crippen LogP contribution in [0.15, 0.2) is 42.5 Å². The van der Waals surface area contributed by atoms with Gasteiger partial charge < -0.3 is 24.4 Å². The lowest BCUT2D eigenvalue weighted by Crippen LogP contribution is -2.38. The molecule has 1 aliphatic rings. The number of amides is 2. The molecule has 1 atom stereocenters. The standard InChI is InChI=1S/C25H32N2O5/c1-4-30-21-15-19(16-22(31-5-2)24(21)32-6-3)25(29)26-20(18-11-8-7-9-12-18)17-27-14-10-13-23(27)28/h7-9,11-12,15-16,20H,4-6,10,13-14,17H2,1-3H3,(H,26,29). The third kappa shape index (κ3) is 5.72. The van der Waals surface area contributed by atoms with E-state index in [1.54, 1.807) is 12.1 Å². The second-order valence-electron chi connectivity index (χ2n) is 7.48. The van der Waals surface area contributed by atoms with Crippen molar-refractivity contribution in [2.45, 2.75) is 39.7 Å². The Morgan fingerprint density at radius 2 is 1.62 bits per heavy atom. The summed E-state index contributed by atoms with van der Waals surface area (Å²) in [6.45, 7) is 8.09. The van der Waals surface area contributed by atoms with Gasteiger partial charge in [0.1, 0.15) is 0 Å². The topological polar surface area (TPSA) is 77.1 Å². The molecule has 172 valence electrons. The Hall–Kier alpha value is -3.22. The molecule has 1 N–H and O–H groups in total. The molecule has 0 radical (unpaired) electrons. The summed E-state index contributed by atoms with van der Waals surface area (Å²) in [4.78, 5) is 27.3. The number of benzene rings is 2. The zero-order valence-corrected chi connectivity index (χ0v) is 19.1. The summed E-state index contributed by atoms with van der Waals surface area (Å²) in [6.07, 6.45) is 1.41. The third-order valence-electron chi connectivity index (χ3n) is 5.25. The SMILES string of the molecule is CCOc1cc(C(=O)NC(CN2CCCC2=O)c2ccccc2)cc(OCC)c1OCC. The fraction of sp³-hybridized carbons (Fsp3) is 0.440. The van der Waals surface area contributed by atoms with Crippen molar-refractivity contribution in [1.29, 1.82) is 0 Å². The van der Waals surface area contributed by atoms with Gasteiger partial charge in [0.15, 0.2) is 11.5 Å². The number of likely N-dealkylation sites (tertiary alicyclic amines) is 1. The lowest BCUT2D eigenvalue weighted by Gasteiger charge is -2.25. The minimum absolute atomic E-state index is 0.124. The average molecular weight is 441 g/mol. The molecule has 32 heavy (non-hydrogen) atoms. The van der Waals surface area contributed by atoms with Gasteiger partial charge in [-0.05, 0) is 44.9 Å². The monoisotopic (exact) mass is 440 g/mol. The van der Waals surface area contributed by atoms with E-state index in [-0.39, 0.29) is 17.9 Å². The summed E-state index contributed by atoms with van der Waals surface area (Å²) < 4.78 is 17.2. The predicted molar refractivity (Wildman–Crippen MR) is 122 cm³/mol. The van der Waals surface area contributed by atoms with Gasteiger partial charge in [-0.1, -0.05) is 30.3 Å². The summed E-state index contributed by atoms with van der Waals surface area (Å²) in [5.41, 5.74) is 1.36. The van der Waals surface area contributed by atoms with Crippen LogP contribution in [0.4, 0.5) is 0 Å². The van der Waals surface area contributed by atoms with Crippen molar-refractivity contribution in [1.82, 2.24) is 10.2 Å². The first-order valence-electron chi connectivity index (χ1n) is 11.3. The summed E-state index contributed by atoms with van der Waals surface area (Å²) >= 11 is 0. The van der Waals surface area contributed by atoms with E-state index in [0.717, 1.165) is 12.0 Å². The van der Waals surface area contributed by atoms with Gasteiger partial charge in [0.05, 0.1) is 25.9 Å². The maximum absolute atomic E-state index is 13.3. The molecule has 3 rings (SSSR count). The van der Waals surface area contributed by atoms with E-state index in [0.29, 0.717) is 62.1 Å². The van der Waals surface area contributed by atoms with Crippen molar-refractivity contribution in [3.63, 3.8) is 0 Å². The molecule has 1 fully saturated rings. The molecule has 7 nitrogen and oxygen atoms in total. The molecule has 0 aliphatic carbocycles. The zero-order chi connectivity index (χ0) is 22.9. The Kier molecular flexibility index (Phi) is 8.36. The van der Waals surface area contributed by atoms with Crippen molar-refractivity contribution < 1.29 is 23.8 Å². The van der Waals surface area contributed by atoms with Gasteiger partial charge in [0.2, 0.25) is 11.7 Å².